The highest BCUT2D eigenvalue weighted by molar-refractivity contribution is 7.71. The normalized spacial score (nSPS) is 18.2. The van der Waals surface area contributed by atoms with E-state index in [0.717, 1.165) is 37.3 Å². The van der Waals surface area contributed by atoms with Gasteiger partial charge in [-0.05, 0) is 20.3 Å². The van der Waals surface area contributed by atoms with Crippen molar-refractivity contribution in [3.05, 3.63) is 21.7 Å². The molecule has 0 saturated heterocycles. The summed E-state index contributed by atoms with van der Waals surface area (Å²) in [7, 11) is 0. The van der Waals surface area contributed by atoms with E-state index in [9.17, 15) is 0 Å². The van der Waals surface area contributed by atoms with E-state index >= 15 is 0 Å². The van der Waals surface area contributed by atoms with Crippen LogP contribution in [0.3, 0.4) is 0 Å². The highest BCUT2D eigenvalue weighted by atomic mass is 32.1. The van der Waals surface area contributed by atoms with Gasteiger partial charge in [-0.3, -0.25) is 0 Å². The van der Waals surface area contributed by atoms with Crippen LogP contribution in [0.1, 0.15) is 44.3 Å². The molecule has 0 spiro atoms. The maximum Gasteiger partial charge on any atom is 0.140 e. The molecule has 1 aliphatic heterocycles. The second-order valence-electron chi connectivity index (χ2n) is 4.79. The lowest BCUT2D eigenvalue weighted by molar-refractivity contribution is -0.0393. The van der Waals surface area contributed by atoms with Crippen molar-refractivity contribution in [2.24, 2.45) is 0 Å². The van der Waals surface area contributed by atoms with Crippen LogP contribution in [0.15, 0.2) is 0 Å². The summed E-state index contributed by atoms with van der Waals surface area (Å²) in [6, 6.07) is 0. The number of H-pyrrole nitrogens is 1. The molecule has 100 valence electrons. The Hall–Kier alpha value is -0.780. The van der Waals surface area contributed by atoms with E-state index in [2.05, 4.69) is 29.1 Å². The summed E-state index contributed by atoms with van der Waals surface area (Å²) < 4.78 is 6.55. The summed E-state index contributed by atoms with van der Waals surface area (Å²) in [5.41, 5.74) is 1.97. The summed E-state index contributed by atoms with van der Waals surface area (Å²) in [5.74, 6) is 0.859. The Labute approximate surface area is 113 Å². The van der Waals surface area contributed by atoms with Crippen LogP contribution in [-0.4, -0.2) is 23.1 Å². The van der Waals surface area contributed by atoms with Gasteiger partial charge in [0.25, 0.3) is 0 Å². The molecule has 2 heterocycles. The molecule has 0 bridgehead atoms. The molecule has 1 atom stereocenters. The summed E-state index contributed by atoms with van der Waals surface area (Å²) in [6.07, 6.45) is 1.84. The molecular formula is C13H21N3OS. The quantitative estimate of drug-likeness (QED) is 0.823. The van der Waals surface area contributed by atoms with Crippen LogP contribution in [0.5, 0.6) is 0 Å². The van der Waals surface area contributed by atoms with Crippen LogP contribution < -0.4 is 5.32 Å². The monoisotopic (exact) mass is 267 g/mol. The average Bonchev–Trinajstić information content (AvgIpc) is 2.39. The van der Waals surface area contributed by atoms with E-state index < -0.39 is 0 Å². The molecule has 2 N–H and O–H groups in total. The summed E-state index contributed by atoms with van der Waals surface area (Å²) in [6.45, 7) is 8.65. The molecule has 0 fully saturated rings. The molecule has 0 radical (unpaired) electrons. The molecule has 0 amide bonds. The van der Waals surface area contributed by atoms with E-state index in [1.807, 2.05) is 6.92 Å². The van der Waals surface area contributed by atoms with Crippen molar-refractivity contribution in [2.45, 2.75) is 45.8 Å². The van der Waals surface area contributed by atoms with Crippen molar-refractivity contribution >= 4 is 12.2 Å². The molecule has 0 aromatic carbocycles. The van der Waals surface area contributed by atoms with E-state index in [4.69, 9.17) is 17.0 Å². The van der Waals surface area contributed by atoms with Gasteiger partial charge in [-0.1, -0.05) is 19.1 Å². The van der Waals surface area contributed by atoms with Crippen molar-refractivity contribution in [3.8, 4) is 0 Å². The van der Waals surface area contributed by atoms with Crippen LogP contribution in [0.25, 0.3) is 0 Å². The number of ether oxygens (including phenoxy) is 1. The number of nitrogens with one attached hydrogen (secondary N) is 2. The van der Waals surface area contributed by atoms with Crippen LogP contribution >= 0.6 is 12.2 Å². The molecule has 4 nitrogen and oxygen atoms in total. The van der Waals surface area contributed by atoms with E-state index in [1.54, 1.807) is 0 Å². The number of aromatic nitrogens is 2. The van der Waals surface area contributed by atoms with Crippen LogP contribution in [0, 0.1) is 4.64 Å². The first kappa shape index (κ1) is 13.6. The van der Waals surface area contributed by atoms with Crippen molar-refractivity contribution in [2.75, 3.05) is 13.2 Å². The van der Waals surface area contributed by atoms with Gasteiger partial charge < -0.3 is 15.0 Å². The van der Waals surface area contributed by atoms with Crippen LogP contribution in [0.2, 0.25) is 0 Å². The van der Waals surface area contributed by atoms with Crippen molar-refractivity contribution in [1.82, 2.24) is 15.3 Å². The number of aromatic amines is 1. The number of nitrogens with zero attached hydrogens (tertiary/aromatic N) is 1. The van der Waals surface area contributed by atoms with Gasteiger partial charge in [0, 0.05) is 37.4 Å². The first-order valence-electron chi connectivity index (χ1n) is 6.58. The maximum absolute atomic E-state index is 5.86. The second kappa shape index (κ2) is 5.47. The minimum absolute atomic E-state index is 0.373. The van der Waals surface area contributed by atoms with Gasteiger partial charge in [-0.15, -0.1) is 0 Å². The number of hydrogen-bond donors (Lipinski definition) is 2. The Kier molecular flexibility index (Phi) is 4.14. The van der Waals surface area contributed by atoms with Gasteiger partial charge in [0.2, 0.25) is 0 Å². The summed E-state index contributed by atoms with van der Waals surface area (Å²) in [5, 5.41) is 3.32. The largest absolute Gasteiger partial charge is 0.368 e. The SMILES string of the molecule is CCOC(C)(CC)c1nc(=S)c2c([nH]1)CCNC2. The lowest BCUT2D eigenvalue weighted by atomic mass is 10.0. The highest BCUT2D eigenvalue weighted by Crippen LogP contribution is 2.27. The van der Waals surface area contributed by atoms with Gasteiger partial charge in [0.1, 0.15) is 16.1 Å². The molecule has 0 saturated carbocycles. The number of rotatable bonds is 4. The fourth-order valence-electron chi connectivity index (χ4n) is 2.27. The lowest BCUT2D eigenvalue weighted by Gasteiger charge is -2.29. The van der Waals surface area contributed by atoms with Crippen molar-refractivity contribution in [3.63, 3.8) is 0 Å². The molecule has 1 aromatic rings. The molecule has 1 aromatic heterocycles. The second-order valence-corrected chi connectivity index (χ2v) is 5.18. The predicted octanol–water partition coefficient (Wildman–Crippen LogP) is 2.45. The van der Waals surface area contributed by atoms with Gasteiger partial charge in [-0.2, -0.15) is 0 Å². The fourth-order valence-corrected chi connectivity index (χ4v) is 2.56. The lowest BCUT2D eigenvalue weighted by Crippen LogP contribution is -2.31. The van der Waals surface area contributed by atoms with E-state index in [0.29, 0.717) is 11.2 Å². The van der Waals surface area contributed by atoms with Gasteiger partial charge in [0.05, 0.1) is 0 Å². The number of hydrogen-bond acceptors (Lipinski definition) is 4. The summed E-state index contributed by atoms with van der Waals surface area (Å²) >= 11 is 5.40. The minimum Gasteiger partial charge on any atom is -0.368 e. The minimum atomic E-state index is -0.373. The Morgan fingerprint density at radius 3 is 2.89 bits per heavy atom. The van der Waals surface area contributed by atoms with E-state index in [-0.39, 0.29) is 5.60 Å². The molecule has 1 aliphatic rings. The van der Waals surface area contributed by atoms with Gasteiger partial charge >= 0.3 is 0 Å². The standard InChI is InChI=1S/C13H21N3OS/c1-4-13(3,17-5-2)12-15-10-6-7-14-8-9(10)11(18)16-12/h14H,4-8H2,1-3H3,(H,15,16,18). The third kappa shape index (κ3) is 2.48. The zero-order valence-electron chi connectivity index (χ0n) is 11.3. The van der Waals surface area contributed by atoms with Crippen molar-refractivity contribution < 1.29 is 4.74 Å². The number of fused-ring (bicyclic) bond motifs is 1. The Balaban J connectivity index is 2.46. The molecule has 1 unspecified atom stereocenters. The average molecular weight is 267 g/mol. The van der Waals surface area contributed by atoms with Gasteiger partial charge in [-0.25, -0.2) is 4.98 Å². The fraction of sp³-hybridized carbons (Fsp3) is 0.692. The third-order valence-electron chi connectivity index (χ3n) is 3.60. The third-order valence-corrected chi connectivity index (χ3v) is 3.93. The Morgan fingerprint density at radius 1 is 1.44 bits per heavy atom. The summed E-state index contributed by atoms with van der Waals surface area (Å²) in [4.78, 5) is 7.98. The molecule has 0 aliphatic carbocycles. The van der Waals surface area contributed by atoms with Crippen LogP contribution in [0.4, 0.5) is 0 Å². The zero-order chi connectivity index (χ0) is 13.2. The van der Waals surface area contributed by atoms with Crippen LogP contribution in [-0.2, 0) is 23.3 Å². The van der Waals surface area contributed by atoms with Gasteiger partial charge in [0.15, 0.2) is 0 Å². The first-order chi connectivity index (χ1) is 8.60. The van der Waals surface area contributed by atoms with E-state index in [1.165, 1.54) is 5.69 Å². The topological polar surface area (TPSA) is 49.9 Å². The smallest absolute Gasteiger partial charge is 0.140 e. The highest BCUT2D eigenvalue weighted by Gasteiger charge is 2.29. The Morgan fingerprint density at radius 2 is 2.22 bits per heavy atom. The molecule has 2 rings (SSSR count). The Bertz CT molecular complexity index is 486. The first-order valence-corrected chi connectivity index (χ1v) is 6.98. The van der Waals surface area contributed by atoms with Crippen molar-refractivity contribution in [1.29, 1.82) is 0 Å². The zero-order valence-corrected chi connectivity index (χ0v) is 12.1. The predicted molar refractivity (Wildman–Crippen MR) is 74.1 cm³/mol. The maximum atomic E-state index is 5.86. The molecular weight excluding hydrogens is 246 g/mol. The molecule has 18 heavy (non-hydrogen) atoms. The molecule has 5 heteroatoms.